The normalized spacial score (nSPS) is 8.31. The molecule has 0 saturated carbocycles. The summed E-state index contributed by atoms with van der Waals surface area (Å²) in [5.74, 6) is 5.09. The van der Waals surface area contributed by atoms with Gasteiger partial charge in [-0.25, -0.2) is 4.79 Å². The van der Waals surface area contributed by atoms with Gasteiger partial charge in [-0.15, -0.1) is 0 Å². The lowest BCUT2D eigenvalue weighted by Gasteiger charge is -1.97. The Labute approximate surface area is 92.7 Å². The molecule has 0 aliphatic rings. The molecule has 0 aliphatic carbocycles. The number of azide groups is 1. The topological polar surface area (TPSA) is 75.1 Å². The smallest absolute Gasteiger partial charge is 0.337 e. The molecule has 0 unspecified atom stereocenters. The van der Waals surface area contributed by atoms with E-state index >= 15 is 0 Å². The van der Waals surface area contributed by atoms with Crippen molar-refractivity contribution in [3.05, 3.63) is 45.8 Å². The van der Waals surface area contributed by atoms with Crippen LogP contribution in [-0.4, -0.2) is 19.6 Å². The van der Waals surface area contributed by atoms with Crippen LogP contribution < -0.4 is 0 Å². The van der Waals surface area contributed by atoms with Gasteiger partial charge in [-0.2, -0.15) is 0 Å². The molecule has 0 spiro atoms. The molecular formula is C11H9N3O2. The van der Waals surface area contributed by atoms with E-state index in [0.717, 1.165) is 5.56 Å². The van der Waals surface area contributed by atoms with Crippen LogP contribution in [0.1, 0.15) is 15.9 Å². The summed E-state index contributed by atoms with van der Waals surface area (Å²) in [6.07, 6.45) is 0. The van der Waals surface area contributed by atoms with Crippen LogP contribution in [0.25, 0.3) is 10.4 Å². The lowest BCUT2D eigenvalue weighted by molar-refractivity contribution is 0.0601. The lowest BCUT2D eigenvalue weighted by Crippen LogP contribution is -2.00. The van der Waals surface area contributed by atoms with E-state index in [4.69, 9.17) is 5.53 Å². The van der Waals surface area contributed by atoms with Gasteiger partial charge in [0.15, 0.2) is 0 Å². The quantitative estimate of drug-likeness (QED) is 0.249. The third kappa shape index (κ3) is 3.37. The van der Waals surface area contributed by atoms with E-state index in [9.17, 15) is 4.79 Å². The largest absolute Gasteiger partial charge is 0.465 e. The molecule has 1 rings (SSSR count). The number of hydrogen-bond acceptors (Lipinski definition) is 3. The van der Waals surface area contributed by atoms with E-state index in [-0.39, 0.29) is 12.5 Å². The minimum atomic E-state index is -0.381. The van der Waals surface area contributed by atoms with Crippen LogP contribution in [0, 0.1) is 11.8 Å². The van der Waals surface area contributed by atoms with E-state index in [1.165, 1.54) is 7.11 Å². The molecule has 80 valence electrons. The van der Waals surface area contributed by atoms with E-state index in [0.29, 0.717) is 5.56 Å². The molecule has 1 aromatic rings. The maximum Gasteiger partial charge on any atom is 0.337 e. The highest BCUT2D eigenvalue weighted by atomic mass is 16.5. The lowest BCUT2D eigenvalue weighted by atomic mass is 10.1. The number of hydrogen-bond donors (Lipinski definition) is 0. The molecule has 0 N–H and O–H groups in total. The summed E-state index contributed by atoms with van der Waals surface area (Å²) in [7, 11) is 1.33. The Hall–Kier alpha value is -2.44. The van der Waals surface area contributed by atoms with Crippen molar-refractivity contribution in [2.24, 2.45) is 5.11 Å². The fourth-order valence-corrected chi connectivity index (χ4v) is 1.02. The molecule has 5 heteroatoms. The van der Waals surface area contributed by atoms with Crippen LogP contribution in [0.4, 0.5) is 0 Å². The van der Waals surface area contributed by atoms with Crippen molar-refractivity contribution in [2.45, 2.75) is 0 Å². The average Bonchev–Trinajstić information content (AvgIpc) is 2.34. The van der Waals surface area contributed by atoms with Gasteiger partial charge in [0, 0.05) is 10.5 Å². The summed E-state index contributed by atoms with van der Waals surface area (Å²) in [4.78, 5) is 13.7. The highest BCUT2D eigenvalue weighted by Crippen LogP contribution is 2.04. The summed E-state index contributed by atoms with van der Waals surface area (Å²) in [6.45, 7) is 0.134. The van der Waals surface area contributed by atoms with Crippen molar-refractivity contribution in [3.63, 3.8) is 0 Å². The van der Waals surface area contributed by atoms with Crippen LogP contribution in [0.5, 0.6) is 0 Å². The number of nitrogens with zero attached hydrogens (tertiary/aromatic N) is 3. The molecule has 0 radical (unpaired) electrons. The number of methoxy groups -OCH3 is 1. The molecule has 0 saturated heterocycles. The van der Waals surface area contributed by atoms with Crippen LogP contribution in [0.2, 0.25) is 0 Å². The molecule has 0 bridgehead atoms. The first-order chi connectivity index (χ1) is 7.77. The second-order valence-electron chi connectivity index (χ2n) is 2.76. The van der Waals surface area contributed by atoms with Gasteiger partial charge in [-0.3, -0.25) is 0 Å². The van der Waals surface area contributed by atoms with Gasteiger partial charge < -0.3 is 4.74 Å². The molecule has 0 heterocycles. The number of esters is 1. The number of ether oxygens (including phenoxy) is 1. The van der Waals surface area contributed by atoms with Gasteiger partial charge in [0.05, 0.1) is 19.2 Å². The van der Waals surface area contributed by atoms with Crippen LogP contribution in [-0.2, 0) is 4.74 Å². The van der Waals surface area contributed by atoms with Gasteiger partial charge in [-0.1, -0.05) is 17.0 Å². The fourth-order valence-electron chi connectivity index (χ4n) is 1.02. The van der Waals surface area contributed by atoms with Crippen LogP contribution >= 0.6 is 0 Å². The summed E-state index contributed by atoms with van der Waals surface area (Å²) in [5, 5.41) is 3.28. The Morgan fingerprint density at radius 2 is 2.19 bits per heavy atom. The minimum Gasteiger partial charge on any atom is -0.465 e. The predicted molar refractivity (Wildman–Crippen MR) is 58.7 cm³/mol. The Bertz CT molecular complexity index is 476. The molecule has 0 amide bonds. The van der Waals surface area contributed by atoms with Gasteiger partial charge in [0.25, 0.3) is 0 Å². The minimum absolute atomic E-state index is 0.134. The maximum absolute atomic E-state index is 11.1. The van der Waals surface area contributed by atoms with Gasteiger partial charge >= 0.3 is 5.97 Å². The van der Waals surface area contributed by atoms with Crippen molar-refractivity contribution < 1.29 is 9.53 Å². The second kappa shape index (κ2) is 6.12. The van der Waals surface area contributed by atoms with Crippen LogP contribution in [0.3, 0.4) is 0 Å². The summed E-state index contributed by atoms with van der Waals surface area (Å²) in [5.41, 5.74) is 9.25. The first-order valence-electron chi connectivity index (χ1n) is 4.46. The third-order valence-electron chi connectivity index (χ3n) is 1.75. The zero-order chi connectivity index (χ0) is 11.8. The fraction of sp³-hybridized carbons (Fsp3) is 0.182. The maximum atomic E-state index is 11.1. The van der Waals surface area contributed by atoms with Crippen molar-refractivity contribution in [1.82, 2.24) is 0 Å². The molecule has 5 nitrogen and oxygen atoms in total. The first-order valence-corrected chi connectivity index (χ1v) is 4.46. The first kappa shape index (κ1) is 11.6. The van der Waals surface area contributed by atoms with Gasteiger partial charge in [0.1, 0.15) is 0 Å². The van der Waals surface area contributed by atoms with Crippen molar-refractivity contribution in [3.8, 4) is 11.8 Å². The molecular weight excluding hydrogens is 206 g/mol. The second-order valence-corrected chi connectivity index (χ2v) is 2.76. The molecule has 1 aromatic carbocycles. The SMILES string of the molecule is COC(=O)c1ccc(C#CCN=[N+]=[N-])cc1. The van der Waals surface area contributed by atoms with Crippen molar-refractivity contribution in [1.29, 1.82) is 0 Å². The van der Waals surface area contributed by atoms with Crippen LogP contribution in [0.15, 0.2) is 29.4 Å². The van der Waals surface area contributed by atoms with Gasteiger partial charge in [-0.05, 0) is 29.8 Å². The third-order valence-corrected chi connectivity index (χ3v) is 1.75. The Balaban J connectivity index is 2.74. The number of carbonyl (C=O) groups is 1. The molecule has 0 aliphatic heterocycles. The Morgan fingerprint density at radius 1 is 1.50 bits per heavy atom. The van der Waals surface area contributed by atoms with E-state index in [2.05, 4.69) is 26.6 Å². The summed E-state index contributed by atoms with van der Waals surface area (Å²) in [6, 6.07) is 6.66. The monoisotopic (exact) mass is 215 g/mol. The number of rotatable bonds is 2. The predicted octanol–water partition coefficient (Wildman–Crippen LogP) is 2.13. The number of benzene rings is 1. The number of carbonyl (C=O) groups excluding carboxylic acids is 1. The Morgan fingerprint density at radius 3 is 2.75 bits per heavy atom. The van der Waals surface area contributed by atoms with E-state index in [1.807, 2.05) is 0 Å². The zero-order valence-electron chi connectivity index (χ0n) is 8.67. The average molecular weight is 215 g/mol. The van der Waals surface area contributed by atoms with E-state index in [1.54, 1.807) is 24.3 Å². The standard InChI is InChI=1S/C11H9N3O2/c1-16-11(15)10-6-4-9(5-7-10)3-2-8-13-14-12/h4-7H,8H2,1H3. The van der Waals surface area contributed by atoms with Crippen molar-refractivity contribution in [2.75, 3.05) is 13.7 Å². The summed E-state index contributed by atoms with van der Waals surface area (Å²) >= 11 is 0. The Kier molecular flexibility index (Phi) is 4.45. The van der Waals surface area contributed by atoms with Crippen molar-refractivity contribution >= 4 is 5.97 Å². The van der Waals surface area contributed by atoms with E-state index < -0.39 is 0 Å². The summed E-state index contributed by atoms with van der Waals surface area (Å²) < 4.78 is 4.56. The highest BCUT2D eigenvalue weighted by molar-refractivity contribution is 5.89. The highest BCUT2D eigenvalue weighted by Gasteiger charge is 2.02. The van der Waals surface area contributed by atoms with Gasteiger partial charge in [0.2, 0.25) is 0 Å². The molecule has 0 atom stereocenters. The zero-order valence-corrected chi connectivity index (χ0v) is 8.67. The molecule has 16 heavy (non-hydrogen) atoms. The molecule has 0 fully saturated rings. The molecule has 0 aromatic heterocycles.